The van der Waals surface area contributed by atoms with Crippen LogP contribution in [-0.2, 0) is 9.47 Å². The summed E-state index contributed by atoms with van der Waals surface area (Å²) in [6.07, 6.45) is 2.91. The van der Waals surface area contributed by atoms with E-state index in [2.05, 4.69) is 0 Å². The van der Waals surface area contributed by atoms with Gasteiger partial charge in [0.05, 0.1) is 11.8 Å². The van der Waals surface area contributed by atoms with Crippen LogP contribution in [0, 0.1) is 0 Å². The van der Waals surface area contributed by atoms with Crippen LogP contribution >= 0.6 is 23.2 Å². The van der Waals surface area contributed by atoms with Crippen molar-refractivity contribution in [2.45, 2.75) is 0 Å². The van der Waals surface area contributed by atoms with E-state index >= 15 is 0 Å². The Balaban J connectivity index is 2.89. The molecule has 0 rings (SSSR count). The highest BCUT2D eigenvalue weighted by molar-refractivity contribution is 6.18. The van der Waals surface area contributed by atoms with Crippen molar-refractivity contribution in [2.75, 3.05) is 25.0 Å². The number of ether oxygens (including phenoxy) is 2. The predicted molar refractivity (Wildman–Crippen MR) is 42.5 cm³/mol. The first kappa shape index (κ1) is 9.92. The molecule has 0 amide bonds. The number of hydrogen-bond acceptors (Lipinski definition) is 2. The smallest absolute Gasteiger partial charge is 0.117 e. The molecule has 0 heterocycles. The number of alkyl halides is 2. The zero-order valence-corrected chi connectivity index (χ0v) is 7.07. The summed E-state index contributed by atoms with van der Waals surface area (Å²) in [6.45, 7) is 1.00. The van der Waals surface area contributed by atoms with Crippen LogP contribution in [0.25, 0.3) is 0 Å². The Morgan fingerprint density at radius 2 is 1.30 bits per heavy atom. The topological polar surface area (TPSA) is 18.5 Å². The van der Waals surface area contributed by atoms with E-state index in [9.17, 15) is 0 Å². The minimum atomic E-state index is 0.486. The van der Waals surface area contributed by atoms with E-state index in [0.717, 1.165) is 0 Å². The molecule has 0 saturated carbocycles. The van der Waals surface area contributed by atoms with Crippen molar-refractivity contribution in [3.8, 4) is 0 Å². The fraction of sp³-hybridized carbons (Fsp3) is 0.667. The molecule has 4 heteroatoms. The molecule has 60 valence electrons. The van der Waals surface area contributed by atoms with Gasteiger partial charge in [0.2, 0.25) is 0 Å². The summed E-state index contributed by atoms with van der Waals surface area (Å²) >= 11 is 10.6. The van der Waals surface area contributed by atoms with Gasteiger partial charge in [-0.05, 0) is 0 Å². The SMILES string of the molecule is ClCCO/C=C/OCCCl. The third kappa shape index (κ3) is 7.92. The molecular weight excluding hydrogens is 175 g/mol. The van der Waals surface area contributed by atoms with Crippen LogP contribution < -0.4 is 0 Å². The van der Waals surface area contributed by atoms with Crippen molar-refractivity contribution >= 4 is 23.2 Å². The largest absolute Gasteiger partial charge is 0.497 e. The summed E-state index contributed by atoms with van der Waals surface area (Å²) in [5.74, 6) is 0.972. The fourth-order valence-electron chi connectivity index (χ4n) is 0.304. The molecule has 2 nitrogen and oxygen atoms in total. The van der Waals surface area contributed by atoms with E-state index in [4.69, 9.17) is 32.7 Å². The normalized spacial score (nSPS) is 10.2. The van der Waals surface area contributed by atoms with Crippen molar-refractivity contribution < 1.29 is 9.47 Å². The Morgan fingerprint density at radius 1 is 0.900 bits per heavy atom. The Hall–Kier alpha value is -0.0800. The van der Waals surface area contributed by atoms with Gasteiger partial charge in [-0.25, -0.2) is 0 Å². The van der Waals surface area contributed by atoms with Crippen LogP contribution in [0.15, 0.2) is 12.5 Å². The third-order valence-corrected chi connectivity index (χ3v) is 0.947. The Kier molecular flexibility index (Phi) is 8.85. The van der Waals surface area contributed by atoms with Crippen molar-refractivity contribution in [1.82, 2.24) is 0 Å². The summed E-state index contributed by atoms with van der Waals surface area (Å²) in [5.41, 5.74) is 0. The van der Waals surface area contributed by atoms with Crippen LogP contribution in [0.2, 0.25) is 0 Å². The molecule has 0 radical (unpaired) electrons. The molecule has 0 fully saturated rings. The first-order valence-corrected chi connectivity index (χ1v) is 3.99. The molecule has 0 aromatic heterocycles. The average Bonchev–Trinajstić information content (AvgIpc) is 1.97. The minimum absolute atomic E-state index is 0.486. The summed E-state index contributed by atoms with van der Waals surface area (Å²) in [7, 11) is 0. The molecule has 0 aromatic rings. The van der Waals surface area contributed by atoms with Crippen LogP contribution in [0.1, 0.15) is 0 Å². The number of hydrogen-bond donors (Lipinski definition) is 0. The predicted octanol–water partition coefficient (Wildman–Crippen LogP) is 1.97. The second-order valence-electron chi connectivity index (χ2n) is 1.39. The standard InChI is InChI=1S/C6H10Cl2O2/c7-1-3-9-5-6-10-4-2-8/h5-6H,1-4H2/b6-5+. The van der Waals surface area contributed by atoms with Gasteiger partial charge in [-0.3, -0.25) is 0 Å². The monoisotopic (exact) mass is 184 g/mol. The molecule has 10 heavy (non-hydrogen) atoms. The van der Waals surface area contributed by atoms with Gasteiger partial charge >= 0.3 is 0 Å². The molecule has 0 aliphatic heterocycles. The van der Waals surface area contributed by atoms with Gasteiger partial charge in [0.1, 0.15) is 25.7 Å². The van der Waals surface area contributed by atoms with Gasteiger partial charge in [0.25, 0.3) is 0 Å². The average molecular weight is 185 g/mol. The molecular formula is C6H10Cl2O2. The lowest BCUT2D eigenvalue weighted by Crippen LogP contribution is -1.89. The lowest BCUT2D eigenvalue weighted by molar-refractivity contribution is 0.223. The minimum Gasteiger partial charge on any atom is -0.497 e. The quantitative estimate of drug-likeness (QED) is 0.357. The highest BCUT2D eigenvalue weighted by atomic mass is 35.5. The third-order valence-electron chi connectivity index (χ3n) is 0.638. The summed E-state index contributed by atoms with van der Waals surface area (Å²) < 4.78 is 9.70. The maximum Gasteiger partial charge on any atom is 0.117 e. The van der Waals surface area contributed by atoms with Crippen LogP contribution in [0.4, 0.5) is 0 Å². The Bertz CT molecular complexity index is 75.8. The number of halogens is 2. The van der Waals surface area contributed by atoms with E-state index in [1.54, 1.807) is 0 Å². The lowest BCUT2D eigenvalue weighted by Gasteiger charge is -1.96. The highest BCUT2D eigenvalue weighted by Gasteiger charge is 1.78. The highest BCUT2D eigenvalue weighted by Crippen LogP contribution is 1.83. The molecule has 0 unspecified atom stereocenters. The van der Waals surface area contributed by atoms with Crippen LogP contribution in [0.3, 0.4) is 0 Å². The van der Waals surface area contributed by atoms with Crippen molar-refractivity contribution in [1.29, 1.82) is 0 Å². The molecule has 0 aromatic carbocycles. The van der Waals surface area contributed by atoms with Crippen molar-refractivity contribution in [2.24, 2.45) is 0 Å². The molecule has 0 aliphatic carbocycles. The first-order valence-electron chi connectivity index (χ1n) is 2.92. The molecule has 0 bridgehead atoms. The maximum atomic E-state index is 5.32. The van der Waals surface area contributed by atoms with Gasteiger partial charge < -0.3 is 9.47 Å². The molecule has 0 spiro atoms. The summed E-state index contributed by atoms with van der Waals surface area (Å²) in [5, 5.41) is 0. The fourth-order valence-corrected chi connectivity index (χ4v) is 0.482. The van der Waals surface area contributed by atoms with E-state index in [1.165, 1.54) is 12.5 Å². The summed E-state index contributed by atoms with van der Waals surface area (Å²) in [4.78, 5) is 0. The Labute approximate surface area is 70.7 Å². The van der Waals surface area contributed by atoms with E-state index in [-0.39, 0.29) is 0 Å². The van der Waals surface area contributed by atoms with Crippen molar-refractivity contribution in [3.05, 3.63) is 12.5 Å². The Morgan fingerprint density at radius 3 is 1.60 bits per heavy atom. The molecule has 0 N–H and O–H groups in total. The summed E-state index contributed by atoms with van der Waals surface area (Å²) in [6, 6.07) is 0. The van der Waals surface area contributed by atoms with Gasteiger partial charge in [-0.15, -0.1) is 23.2 Å². The van der Waals surface area contributed by atoms with Crippen molar-refractivity contribution in [3.63, 3.8) is 0 Å². The second kappa shape index (κ2) is 8.92. The maximum absolute atomic E-state index is 5.32. The first-order chi connectivity index (χ1) is 4.91. The second-order valence-corrected chi connectivity index (χ2v) is 2.15. The zero-order valence-electron chi connectivity index (χ0n) is 5.56. The van der Waals surface area contributed by atoms with Crippen LogP contribution in [-0.4, -0.2) is 25.0 Å². The van der Waals surface area contributed by atoms with E-state index in [0.29, 0.717) is 25.0 Å². The molecule has 0 atom stereocenters. The van der Waals surface area contributed by atoms with E-state index < -0.39 is 0 Å². The molecule has 0 aliphatic rings. The number of rotatable bonds is 6. The van der Waals surface area contributed by atoms with Gasteiger partial charge in [-0.1, -0.05) is 0 Å². The lowest BCUT2D eigenvalue weighted by atomic mass is 10.8. The molecule has 0 saturated heterocycles. The van der Waals surface area contributed by atoms with Gasteiger partial charge in [0, 0.05) is 0 Å². The zero-order chi connectivity index (χ0) is 7.66. The van der Waals surface area contributed by atoms with Gasteiger partial charge in [-0.2, -0.15) is 0 Å². The van der Waals surface area contributed by atoms with Crippen LogP contribution in [0.5, 0.6) is 0 Å². The van der Waals surface area contributed by atoms with Gasteiger partial charge in [0.15, 0.2) is 0 Å². The van der Waals surface area contributed by atoms with E-state index in [1.807, 2.05) is 0 Å².